The Morgan fingerprint density at radius 2 is 1.83 bits per heavy atom. The normalized spacial score (nSPS) is 18.9. The van der Waals surface area contributed by atoms with Crippen molar-refractivity contribution >= 4 is 17.5 Å². The number of aromatic nitrogens is 3. The predicted octanol–water partition coefficient (Wildman–Crippen LogP) is 4.52. The standard InChI is InChI=1S/C23H23ClN4O/c24-21-3-1-2-20(12-21)17-4-6-18(7-5-17)22-26-25-15-28(22)14-16-10-11-27(13-16)23(29)19-8-9-19/h1-7,12,15-16,19H,8-11,13-14H2/t16-/m0/s1. The van der Waals surface area contributed by atoms with E-state index in [2.05, 4.69) is 45.1 Å². The highest BCUT2D eigenvalue weighted by molar-refractivity contribution is 6.30. The number of hydrogen-bond acceptors (Lipinski definition) is 3. The van der Waals surface area contributed by atoms with Crippen LogP contribution in [0.4, 0.5) is 0 Å². The Kier molecular flexibility index (Phi) is 4.84. The predicted molar refractivity (Wildman–Crippen MR) is 113 cm³/mol. The minimum Gasteiger partial charge on any atom is -0.342 e. The summed E-state index contributed by atoms with van der Waals surface area (Å²) in [5.74, 6) is 1.98. The van der Waals surface area contributed by atoms with Gasteiger partial charge in [0.2, 0.25) is 5.91 Å². The van der Waals surface area contributed by atoms with E-state index in [0.29, 0.717) is 17.7 Å². The smallest absolute Gasteiger partial charge is 0.225 e. The molecule has 3 aromatic rings. The third-order valence-electron chi connectivity index (χ3n) is 5.90. The van der Waals surface area contributed by atoms with E-state index in [1.54, 1.807) is 6.33 Å². The van der Waals surface area contributed by atoms with Crippen LogP contribution in [0.5, 0.6) is 0 Å². The van der Waals surface area contributed by atoms with Gasteiger partial charge in [0.25, 0.3) is 0 Å². The first kappa shape index (κ1) is 18.4. The Morgan fingerprint density at radius 3 is 2.59 bits per heavy atom. The number of amides is 1. The molecule has 2 aliphatic rings. The molecule has 29 heavy (non-hydrogen) atoms. The topological polar surface area (TPSA) is 51.0 Å². The molecule has 2 aromatic carbocycles. The van der Waals surface area contributed by atoms with E-state index < -0.39 is 0 Å². The highest BCUT2D eigenvalue weighted by atomic mass is 35.5. The van der Waals surface area contributed by atoms with E-state index >= 15 is 0 Å². The number of benzene rings is 2. The van der Waals surface area contributed by atoms with Gasteiger partial charge < -0.3 is 9.47 Å². The Bertz CT molecular complexity index is 1030. The van der Waals surface area contributed by atoms with Crippen LogP contribution >= 0.6 is 11.6 Å². The second-order valence-corrected chi connectivity index (χ2v) is 8.54. The van der Waals surface area contributed by atoms with E-state index in [9.17, 15) is 4.79 Å². The molecular formula is C23H23ClN4O. The van der Waals surface area contributed by atoms with Crippen molar-refractivity contribution in [2.45, 2.75) is 25.8 Å². The van der Waals surface area contributed by atoms with Crippen molar-refractivity contribution in [1.82, 2.24) is 19.7 Å². The van der Waals surface area contributed by atoms with Crippen molar-refractivity contribution in [2.75, 3.05) is 13.1 Å². The highest BCUT2D eigenvalue weighted by Crippen LogP contribution is 2.33. The van der Waals surface area contributed by atoms with Crippen LogP contribution in [0.3, 0.4) is 0 Å². The molecule has 1 atom stereocenters. The minimum atomic E-state index is 0.303. The minimum absolute atomic E-state index is 0.303. The number of nitrogens with zero attached hydrogens (tertiary/aromatic N) is 4. The number of carbonyl (C=O) groups is 1. The van der Waals surface area contributed by atoms with Crippen LogP contribution in [0, 0.1) is 11.8 Å². The van der Waals surface area contributed by atoms with Crippen LogP contribution in [-0.4, -0.2) is 38.7 Å². The number of halogens is 1. The van der Waals surface area contributed by atoms with E-state index in [4.69, 9.17) is 11.6 Å². The summed E-state index contributed by atoms with van der Waals surface area (Å²) in [6.07, 6.45) is 4.98. The van der Waals surface area contributed by atoms with Gasteiger partial charge in [0.15, 0.2) is 5.82 Å². The molecule has 0 unspecified atom stereocenters. The molecule has 1 aromatic heterocycles. The fourth-order valence-corrected chi connectivity index (χ4v) is 4.33. The molecule has 0 bridgehead atoms. The highest BCUT2D eigenvalue weighted by Gasteiger charge is 2.36. The van der Waals surface area contributed by atoms with E-state index in [0.717, 1.165) is 66.4 Å². The maximum Gasteiger partial charge on any atom is 0.225 e. The molecular weight excluding hydrogens is 384 g/mol. The zero-order valence-corrected chi connectivity index (χ0v) is 16.9. The quantitative estimate of drug-likeness (QED) is 0.625. The fourth-order valence-electron chi connectivity index (χ4n) is 4.14. The maximum atomic E-state index is 12.3. The second kappa shape index (κ2) is 7.64. The summed E-state index contributed by atoms with van der Waals surface area (Å²) in [4.78, 5) is 14.3. The molecule has 1 saturated carbocycles. The summed E-state index contributed by atoms with van der Waals surface area (Å²) in [6.45, 7) is 2.57. The SMILES string of the molecule is O=C(C1CC1)N1CC[C@H](Cn2cnnc2-c2ccc(-c3cccc(Cl)c3)cc2)C1. The van der Waals surface area contributed by atoms with Gasteiger partial charge in [0.1, 0.15) is 6.33 Å². The van der Waals surface area contributed by atoms with Crippen LogP contribution in [0.2, 0.25) is 5.02 Å². The average Bonchev–Trinajstić information content (AvgIpc) is 3.32. The van der Waals surface area contributed by atoms with Crippen LogP contribution < -0.4 is 0 Å². The Morgan fingerprint density at radius 1 is 1.03 bits per heavy atom. The number of rotatable bonds is 5. The van der Waals surface area contributed by atoms with Crippen molar-refractivity contribution in [3.63, 3.8) is 0 Å². The van der Waals surface area contributed by atoms with Gasteiger partial charge in [-0.05, 0) is 48.4 Å². The summed E-state index contributed by atoms with van der Waals surface area (Å²) < 4.78 is 2.12. The first-order valence-corrected chi connectivity index (χ1v) is 10.6. The van der Waals surface area contributed by atoms with Crippen LogP contribution in [0.1, 0.15) is 19.3 Å². The zero-order chi connectivity index (χ0) is 19.8. The van der Waals surface area contributed by atoms with Gasteiger partial charge in [-0.2, -0.15) is 0 Å². The summed E-state index contributed by atoms with van der Waals surface area (Å²) in [6, 6.07) is 16.2. The van der Waals surface area contributed by atoms with Crippen molar-refractivity contribution in [3.8, 4) is 22.5 Å². The molecule has 5 nitrogen and oxygen atoms in total. The van der Waals surface area contributed by atoms with Crippen molar-refractivity contribution < 1.29 is 4.79 Å². The molecule has 5 rings (SSSR count). The zero-order valence-electron chi connectivity index (χ0n) is 16.2. The van der Waals surface area contributed by atoms with E-state index in [-0.39, 0.29) is 0 Å². The van der Waals surface area contributed by atoms with Crippen LogP contribution in [-0.2, 0) is 11.3 Å². The van der Waals surface area contributed by atoms with Gasteiger partial charge in [-0.1, -0.05) is 48.0 Å². The Balaban J connectivity index is 1.29. The molecule has 148 valence electrons. The van der Waals surface area contributed by atoms with Gasteiger partial charge >= 0.3 is 0 Å². The lowest BCUT2D eigenvalue weighted by Crippen LogP contribution is -2.30. The lowest BCUT2D eigenvalue weighted by Gasteiger charge is -2.17. The van der Waals surface area contributed by atoms with Crippen molar-refractivity contribution in [1.29, 1.82) is 0 Å². The third kappa shape index (κ3) is 3.92. The van der Waals surface area contributed by atoms with Gasteiger partial charge in [-0.25, -0.2) is 0 Å². The van der Waals surface area contributed by atoms with Gasteiger partial charge in [0, 0.05) is 36.1 Å². The first-order chi connectivity index (χ1) is 14.2. The number of hydrogen-bond donors (Lipinski definition) is 0. The largest absolute Gasteiger partial charge is 0.342 e. The molecule has 2 heterocycles. The summed E-state index contributed by atoms with van der Waals surface area (Å²) in [5.41, 5.74) is 3.25. The monoisotopic (exact) mass is 406 g/mol. The van der Waals surface area contributed by atoms with Crippen LogP contribution in [0.15, 0.2) is 54.9 Å². The molecule has 1 amide bonds. The lowest BCUT2D eigenvalue weighted by atomic mass is 10.0. The molecule has 6 heteroatoms. The van der Waals surface area contributed by atoms with Crippen molar-refractivity contribution in [3.05, 3.63) is 59.9 Å². The molecule has 1 saturated heterocycles. The average molecular weight is 407 g/mol. The van der Waals surface area contributed by atoms with Gasteiger partial charge in [-0.15, -0.1) is 10.2 Å². The summed E-state index contributed by atoms with van der Waals surface area (Å²) in [7, 11) is 0. The van der Waals surface area contributed by atoms with E-state index in [1.807, 2.05) is 23.1 Å². The fraction of sp³-hybridized carbons (Fsp3) is 0.348. The summed E-state index contributed by atoms with van der Waals surface area (Å²) >= 11 is 6.11. The van der Waals surface area contributed by atoms with Gasteiger partial charge in [-0.3, -0.25) is 4.79 Å². The Labute approximate surface area is 175 Å². The van der Waals surface area contributed by atoms with Crippen LogP contribution in [0.25, 0.3) is 22.5 Å². The molecule has 0 N–H and O–H groups in total. The first-order valence-electron chi connectivity index (χ1n) is 10.2. The molecule has 0 spiro atoms. The summed E-state index contributed by atoms with van der Waals surface area (Å²) in [5, 5.41) is 9.22. The maximum absolute atomic E-state index is 12.3. The molecule has 1 aliphatic carbocycles. The number of likely N-dealkylation sites (tertiary alicyclic amines) is 1. The number of carbonyl (C=O) groups excluding carboxylic acids is 1. The molecule has 2 fully saturated rings. The van der Waals surface area contributed by atoms with Crippen molar-refractivity contribution in [2.24, 2.45) is 11.8 Å². The van der Waals surface area contributed by atoms with Gasteiger partial charge in [0.05, 0.1) is 0 Å². The Hall–Kier alpha value is -2.66. The van der Waals surface area contributed by atoms with E-state index in [1.165, 1.54) is 0 Å². The third-order valence-corrected chi connectivity index (χ3v) is 6.13. The second-order valence-electron chi connectivity index (χ2n) is 8.11. The molecule has 1 aliphatic heterocycles. The molecule has 0 radical (unpaired) electrons. The lowest BCUT2D eigenvalue weighted by molar-refractivity contribution is -0.131.